The first-order valence-corrected chi connectivity index (χ1v) is 11.0. The van der Waals surface area contributed by atoms with E-state index in [1.54, 1.807) is 17.0 Å². The number of carbonyl (C=O) groups is 1. The summed E-state index contributed by atoms with van der Waals surface area (Å²) in [6.45, 7) is 0.724. The molecular weight excluding hydrogens is 384 g/mol. The monoisotopic (exact) mass is 411 g/mol. The van der Waals surface area contributed by atoms with Crippen LogP contribution in [0.3, 0.4) is 0 Å². The van der Waals surface area contributed by atoms with Crippen molar-refractivity contribution in [1.29, 1.82) is 0 Å². The number of likely N-dealkylation sites (tertiary alicyclic amines) is 1. The normalized spacial score (nSPS) is 32.5. The molecule has 3 aliphatic carbocycles. The Bertz CT molecular complexity index is 899. The largest absolute Gasteiger partial charge is 0.493 e. The van der Waals surface area contributed by atoms with Gasteiger partial charge in [-0.15, -0.1) is 0 Å². The van der Waals surface area contributed by atoms with Crippen molar-refractivity contribution >= 4 is 5.91 Å². The molecule has 3 saturated carbocycles. The minimum atomic E-state index is -1.06. The highest BCUT2D eigenvalue weighted by molar-refractivity contribution is 5.80. The number of rotatable bonds is 5. The summed E-state index contributed by atoms with van der Waals surface area (Å²) in [7, 11) is 0. The molecule has 30 heavy (non-hydrogen) atoms. The van der Waals surface area contributed by atoms with E-state index < -0.39 is 6.17 Å². The van der Waals surface area contributed by atoms with E-state index in [0.29, 0.717) is 29.9 Å². The molecule has 0 spiro atoms. The van der Waals surface area contributed by atoms with Gasteiger partial charge in [0.05, 0.1) is 19.2 Å². The van der Waals surface area contributed by atoms with Crippen molar-refractivity contribution in [3.05, 3.63) is 66.0 Å². The minimum absolute atomic E-state index is 0.0391. The average Bonchev–Trinajstić information content (AvgIpc) is 3.13. The molecule has 4 atom stereocenters. The number of para-hydroxylation sites is 1. The van der Waals surface area contributed by atoms with Gasteiger partial charge in [0.1, 0.15) is 17.7 Å². The fraction of sp³-hybridized carbons (Fsp3) is 0.480. The standard InChI is InChI=1S/C25H27F2NO2/c26-20-6-4-5-16(11-20)24-13-21(27)14-28(24)25(29)23-12-19(17-9-18(23)10-17)15-30-22-7-2-1-3-8-22/h1-8,11,17-19,21,23-24H,9-10,12-15H2/t17?,18?,19-,21?,23-,24?/m0/s1. The molecule has 4 fully saturated rings. The van der Waals surface area contributed by atoms with Gasteiger partial charge < -0.3 is 9.64 Å². The van der Waals surface area contributed by atoms with Crippen LogP contribution in [0.25, 0.3) is 0 Å². The topological polar surface area (TPSA) is 29.5 Å². The van der Waals surface area contributed by atoms with Gasteiger partial charge in [-0.1, -0.05) is 30.3 Å². The Labute approximate surface area is 176 Å². The number of benzene rings is 2. The van der Waals surface area contributed by atoms with Gasteiger partial charge in [-0.05, 0) is 66.8 Å². The lowest BCUT2D eigenvalue weighted by molar-refractivity contribution is -0.147. The van der Waals surface area contributed by atoms with Gasteiger partial charge in [0.25, 0.3) is 0 Å². The first kappa shape index (κ1) is 19.5. The predicted octanol–water partition coefficient (Wildman–Crippen LogP) is 5.18. The lowest BCUT2D eigenvalue weighted by Crippen LogP contribution is -2.50. The molecular formula is C25H27F2NO2. The third kappa shape index (κ3) is 3.70. The van der Waals surface area contributed by atoms with Gasteiger partial charge in [-0.2, -0.15) is 0 Å². The Hall–Kier alpha value is -2.43. The van der Waals surface area contributed by atoms with Crippen LogP contribution >= 0.6 is 0 Å². The molecule has 1 amide bonds. The molecule has 2 unspecified atom stereocenters. The molecule has 0 aromatic heterocycles. The highest BCUT2D eigenvalue weighted by atomic mass is 19.1. The van der Waals surface area contributed by atoms with Gasteiger partial charge in [0.15, 0.2) is 0 Å². The van der Waals surface area contributed by atoms with Crippen LogP contribution in [0.5, 0.6) is 5.75 Å². The van der Waals surface area contributed by atoms with Crippen molar-refractivity contribution in [3.63, 3.8) is 0 Å². The molecule has 1 heterocycles. The Balaban J connectivity index is 1.29. The number of fused-ring (bicyclic) bond motifs is 2. The van der Waals surface area contributed by atoms with Gasteiger partial charge >= 0.3 is 0 Å². The van der Waals surface area contributed by atoms with E-state index in [4.69, 9.17) is 4.74 Å². The molecule has 1 aliphatic heterocycles. The van der Waals surface area contributed by atoms with E-state index in [1.807, 2.05) is 30.3 Å². The van der Waals surface area contributed by atoms with E-state index in [1.165, 1.54) is 12.1 Å². The molecule has 3 nitrogen and oxygen atoms in total. The maximum Gasteiger partial charge on any atom is 0.226 e. The maximum atomic E-state index is 14.3. The van der Waals surface area contributed by atoms with Crippen molar-refractivity contribution in [1.82, 2.24) is 4.90 Å². The second-order valence-corrected chi connectivity index (χ2v) is 9.11. The Morgan fingerprint density at radius 2 is 1.80 bits per heavy atom. The molecule has 5 heteroatoms. The zero-order valence-electron chi connectivity index (χ0n) is 16.9. The van der Waals surface area contributed by atoms with Crippen LogP contribution in [0.4, 0.5) is 8.78 Å². The summed E-state index contributed by atoms with van der Waals surface area (Å²) in [6.07, 6.45) is 2.09. The molecule has 1 saturated heterocycles. The first-order chi connectivity index (χ1) is 14.6. The van der Waals surface area contributed by atoms with Crippen LogP contribution in [0.2, 0.25) is 0 Å². The van der Waals surface area contributed by atoms with E-state index >= 15 is 0 Å². The summed E-state index contributed by atoms with van der Waals surface area (Å²) in [5, 5.41) is 0. The molecule has 2 bridgehead atoms. The van der Waals surface area contributed by atoms with Crippen molar-refractivity contribution in [3.8, 4) is 5.75 Å². The molecule has 2 aromatic rings. The highest BCUT2D eigenvalue weighted by Gasteiger charge is 2.51. The summed E-state index contributed by atoms with van der Waals surface area (Å²) in [6, 6.07) is 15.6. The fourth-order valence-electron chi connectivity index (χ4n) is 5.63. The smallest absolute Gasteiger partial charge is 0.226 e. The Kier molecular flexibility index (Phi) is 5.21. The number of nitrogens with zero attached hydrogens (tertiary/aromatic N) is 1. The molecule has 4 aliphatic rings. The van der Waals surface area contributed by atoms with Gasteiger partial charge in [-0.25, -0.2) is 8.78 Å². The quantitative estimate of drug-likeness (QED) is 0.679. The number of hydrogen-bond donors (Lipinski definition) is 0. The molecule has 158 valence electrons. The van der Waals surface area contributed by atoms with E-state index in [2.05, 4.69) is 0 Å². The molecule has 0 N–H and O–H groups in total. The molecule has 0 radical (unpaired) electrons. The van der Waals surface area contributed by atoms with Crippen LogP contribution in [0.1, 0.15) is 37.3 Å². The zero-order chi connectivity index (χ0) is 20.7. The van der Waals surface area contributed by atoms with Gasteiger partial charge in [-0.3, -0.25) is 4.79 Å². The number of halogens is 2. The third-order valence-electron chi connectivity index (χ3n) is 7.29. The molecule has 2 aromatic carbocycles. The zero-order valence-corrected chi connectivity index (χ0v) is 16.9. The van der Waals surface area contributed by atoms with E-state index in [9.17, 15) is 13.6 Å². The van der Waals surface area contributed by atoms with Crippen LogP contribution in [-0.2, 0) is 4.79 Å². The predicted molar refractivity (Wildman–Crippen MR) is 110 cm³/mol. The lowest BCUT2D eigenvalue weighted by atomic mass is 9.55. The summed E-state index contributed by atoms with van der Waals surface area (Å²) < 4.78 is 34.0. The SMILES string of the molecule is O=C([C@H]1C[C@@H](COc2ccccc2)C2CC1C2)N1CC(F)CC1c1cccc(F)c1. The third-order valence-corrected chi connectivity index (χ3v) is 7.29. The second-order valence-electron chi connectivity index (χ2n) is 9.11. The maximum absolute atomic E-state index is 14.3. The minimum Gasteiger partial charge on any atom is -0.493 e. The Morgan fingerprint density at radius 3 is 2.57 bits per heavy atom. The highest BCUT2D eigenvalue weighted by Crippen LogP contribution is 2.53. The van der Waals surface area contributed by atoms with Crippen LogP contribution in [0.15, 0.2) is 54.6 Å². The lowest BCUT2D eigenvalue weighted by Gasteiger charge is -2.51. The summed E-state index contributed by atoms with van der Waals surface area (Å²) >= 11 is 0. The van der Waals surface area contributed by atoms with Crippen LogP contribution in [0, 0.1) is 29.5 Å². The summed E-state index contributed by atoms with van der Waals surface area (Å²) in [4.78, 5) is 15.2. The average molecular weight is 411 g/mol. The van der Waals surface area contributed by atoms with Crippen molar-refractivity contribution in [2.24, 2.45) is 23.7 Å². The number of amides is 1. The number of alkyl halides is 1. The Morgan fingerprint density at radius 1 is 1.00 bits per heavy atom. The first-order valence-electron chi connectivity index (χ1n) is 11.0. The number of hydrogen-bond acceptors (Lipinski definition) is 2. The van der Waals surface area contributed by atoms with Crippen LogP contribution < -0.4 is 4.74 Å². The molecule has 6 rings (SSSR count). The fourth-order valence-corrected chi connectivity index (χ4v) is 5.63. The number of ether oxygens (including phenoxy) is 1. The van der Waals surface area contributed by atoms with Crippen molar-refractivity contribution in [2.75, 3.05) is 13.2 Å². The van der Waals surface area contributed by atoms with Gasteiger partial charge in [0.2, 0.25) is 5.91 Å². The van der Waals surface area contributed by atoms with Crippen molar-refractivity contribution < 1.29 is 18.3 Å². The van der Waals surface area contributed by atoms with E-state index in [0.717, 1.165) is 25.0 Å². The summed E-state index contributed by atoms with van der Waals surface area (Å²) in [5.41, 5.74) is 0.690. The van der Waals surface area contributed by atoms with Crippen molar-refractivity contribution in [2.45, 2.75) is 37.9 Å². The van der Waals surface area contributed by atoms with Gasteiger partial charge in [0, 0.05) is 12.3 Å². The summed E-state index contributed by atoms with van der Waals surface area (Å²) in [5.74, 6) is 1.82. The second kappa shape index (κ2) is 8.01. The van der Waals surface area contributed by atoms with Crippen LogP contribution in [-0.4, -0.2) is 30.1 Å². The van der Waals surface area contributed by atoms with E-state index in [-0.39, 0.29) is 36.6 Å². The number of carbonyl (C=O) groups excluding carboxylic acids is 1.